The van der Waals surface area contributed by atoms with E-state index in [1.807, 2.05) is 0 Å². The van der Waals surface area contributed by atoms with Crippen LogP contribution in [0.3, 0.4) is 0 Å². The number of benzene rings is 1. The first kappa shape index (κ1) is 15.7. The van der Waals surface area contributed by atoms with Gasteiger partial charge in [-0.15, -0.1) is 0 Å². The summed E-state index contributed by atoms with van der Waals surface area (Å²) in [5, 5.41) is 20.2. The third-order valence-electron chi connectivity index (χ3n) is 3.93. The van der Waals surface area contributed by atoms with Crippen LogP contribution < -0.4 is 0 Å². The van der Waals surface area contributed by atoms with Crippen molar-refractivity contribution in [2.24, 2.45) is 5.92 Å². The highest BCUT2D eigenvalue weighted by Crippen LogP contribution is 2.31. The second kappa shape index (κ2) is 5.98. The second-order valence-electron chi connectivity index (χ2n) is 5.16. The van der Waals surface area contributed by atoms with E-state index in [0.29, 0.717) is 19.0 Å². The van der Waals surface area contributed by atoms with Gasteiger partial charge in [-0.3, -0.25) is 10.1 Å². The fourth-order valence-electron chi connectivity index (χ4n) is 2.52. The van der Waals surface area contributed by atoms with Crippen LogP contribution in [0.2, 0.25) is 0 Å². The zero-order valence-electron chi connectivity index (χ0n) is 11.7. The molecule has 1 saturated heterocycles. The van der Waals surface area contributed by atoms with Gasteiger partial charge in [-0.1, -0.05) is 13.3 Å². The van der Waals surface area contributed by atoms with Crippen LogP contribution in [0.1, 0.15) is 26.2 Å². The molecule has 0 atom stereocenters. The Morgan fingerprint density at radius 1 is 1.38 bits per heavy atom. The van der Waals surface area contributed by atoms with Crippen molar-refractivity contribution in [3.8, 4) is 5.75 Å². The van der Waals surface area contributed by atoms with Crippen molar-refractivity contribution in [1.29, 1.82) is 0 Å². The van der Waals surface area contributed by atoms with E-state index in [-0.39, 0.29) is 4.90 Å². The quantitative estimate of drug-likeness (QED) is 0.677. The van der Waals surface area contributed by atoms with E-state index in [1.54, 1.807) is 0 Å². The predicted molar refractivity (Wildman–Crippen MR) is 76.5 cm³/mol. The molecule has 116 valence electrons. The van der Waals surface area contributed by atoms with Crippen molar-refractivity contribution in [3.63, 3.8) is 0 Å². The number of phenols is 1. The van der Waals surface area contributed by atoms with Gasteiger partial charge in [0, 0.05) is 19.2 Å². The monoisotopic (exact) mass is 314 g/mol. The van der Waals surface area contributed by atoms with Gasteiger partial charge in [0.1, 0.15) is 0 Å². The van der Waals surface area contributed by atoms with Crippen molar-refractivity contribution in [1.82, 2.24) is 4.31 Å². The normalized spacial score (nSPS) is 17.8. The minimum Gasteiger partial charge on any atom is -0.502 e. The van der Waals surface area contributed by atoms with Crippen LogP contribution in [0.15, 0.2) is 23.1 Å². The van der Waals surface area contributed by atoms with E-state index in [1.165, 1.54) is 10.4 Å². The molecule has 1 aliphatic rings. The number of rotatable bonds is 4. The molecule has 1 aromatic rings. The third kappa shape index (κ3) is 3.16. The minimum absolute atomic E-state index is 0.151. The maximum absolute atomic E-state index is 12.5. The molecule has 0 spiro atoms. The van der Waals surface area contributed by atoms with E-state index >= 15 is 0 Å². The Morgan fingerprint density at radius 2 is 2.00 bits per heavy atom. The highest BCUT2D eigenvalue weighted by molar-refractivity contribution is 7.89. The van der Waals surface area contributed by atoms with E-state index in [0.717, 1.165) is 31.4 Å². The lowest BCUT2D eigenvalue weighted by molar-refractivity contribution is -0.386. The molecule has 1 aromatic carbocycles. The molecule has 21 heavy (non-hydrogen) atoms. The van der Waals surface area contributed by atoms with Crippen LogP contribution in [0.5, 0.6) is 5.75 Å². The lowest BCUT2D eigenvalue weighted by atomic mass is 9.96. The number of piperidine rings is 1. The predicted octanol–water partition coefficient (Wildman–Crippen LogP) is 2.11. The lowest BCUT2D eigenvalue weighted by Crippen LogP contribution is -2.38. The number of hydrogen-bond donors (Lipinski definition) is 1. The molecule has 0 aromatic heterocycles. The summed E-state index contributed by atoms with van der Waals surface area (Å²) in [6.07, 6.45) is 2.63. The lowest BCUT2D eigenvalue weighted by Gasteiger charge is -2.30. The SMILES string of the molecule is CCC1CCN(S(=O)(=O)c2ccc(O)c([N+](=O)[O-])c2)CC1. The number of nitro benzene ring substituents is 1. The first-order chi connectivity index (χ1) is 9.86. The summed E-state index contributed by atoms with van der Waals surface area (Å²) in [6.45, 7) is 2.93. The molecule has 1 N–H and O–H groups in total. The molecule has 0 saturated carbocycles. The molecule has 0 radical (unpaired) electrons. The minimum atomic E-state index is -3.75. The van der Waals surface area contributed by atoms with Gasteiger partial charge < -0.3 is 5.11 Å². The maximum atomic E-state index is 12.5. The number of phenolic OH excluding ortho intramolecular Hbond substituents is 1. The summed E-state index contributed by atoms with van der Waals surface area (Å²) < 4.78 is 26.3. The van der Waals surface area contributed by atoms with Gasteiger partial charge in [0.25, 0.3) is 0 Å². The fraction of sp³-hybridized carbons (Fsp3) is 0.538. The van der Waals surface area contributed by atoms with E-state index in [4.69, 9.17) is 0 Å². The Bertz CT molecular complexity index is 636. The number of hydrogen-bond acceptors (Lipinski definition) is 5. The maximum Gasteiger partial charge on any atom is 0.312 e. The first-order valence-electron chi connectivity index (χ1n) is 6.83. The highest BCUT2D eigenvalue weighted by atomic mass is 32.2. The van der Waals surface area contributed by atoms with E-state index < -0.39 is 26.4 Å². The van der Waals surface area contributed by atoms with Crippen LogP contribution in [0.4, 0.5) is 5.69 Å². The highest BCUT2D eigenvalue weighted by Gasteiger charge is 2.30. The third-order valence-corrected chi connectivity index (χ3v) is 5.83. The molecule has 2 rings (SSSR count). The average molecular weight is 314 g/mol. The Morgan fingerprint density at radius 3 is 2.52 bits per heavy atom. The Balaban J connectivity index is 2.28. The van der Waals surface area contributed by atoms with Gasteiger partial charge in [-0.2, -0.15) is 4.31 Å². The summed E-state index contributed by atoms with van der Waals surface area (Å²) >= 11 is 0. The Kier molecular flexibility index (Phi) is 4.48. The van der Waals surface area contributed by atoms with Gasteiger partial charge in [-0.25, -0.2) is 8.42 Å². The molecule has 0 aliphatic carbocycles. The number of sulfonamides is 1. The van der Waals surface area contributed by atoms with Gasteiger partial charge >= 0.3 is 5.69 Å². The topological polar surface area (TPSA) is 101 Å². The van der Waals surface area contributed by atoms with Crippen LogP contribution in [-0.2, 0) is 10.0 Å². The molecule has 0 unspecified atom stereocenters. The van der Waals surface area contributed by atoms with Crippen LogP contribution >= 0.6 is 0 Å². The largest absolute Gasteiger partial charge is 0.502 e. The second-order valence-corrected chi connectivity index (χ2v) is 7.10. The molecular formula is C13H18N2O5S. The van der Waals surface area contributed by atoms with Crippen molar-refractivity contribution in [2.75, 3.05) is 13.1 Å². The Labute approximate surface area is 123 Å². The van der Waals surface area contributed by atoms with Crippen LogP contribution in [0.25, 0.3) is 0 Å². The number of nitro groups is 1. The van der Waals surface area contributed by atoms with Crippen LogP contribution in [0, 0.1) is 16.0 Å². The standard InChI is InChI=1S/C13H18N2O5S/c1-2-10-5-7-14(8-6-10)21(19,20)11-3-4-13(16)12(9-11)15(17)18/h3-4,9-10,16H,2,5-8H2,1H3. The van der Waals surface area contributed by atoms with Gasteiger partial charge in [-0.05, 0) is 30.9 Å². The number of nitrogens with zero attached hydrogens (tertiary/aromatic N) is 2. The van der Waals surface area contributed by atoms with Crippen molar-refractivity contribution >= 4 is 15.7 Å². The fourth-order valence-corrected chi connectivity index (χ4v) is 4.01. The smallest absolute Gasteiger partial charge is 0.312 e. The van der Waals surface area contributed by atoms with Crippen molar-refractivity contribution in [2.45, 2.75) is 31.1 Å². The summed E-state index contributed by atoms with van der Waals surface area (Å²) in [5.41, 5.74) is -0.598. The van der Waals surface area contributed by atoms with E-state index in [9.17, 15) is 23.6 Å². The Hall–Kier alpha value is -1.67. The summed E-state index contributed by atoms with van der Waals surface area (Å²) in [6, 6.07) is 3.16. The first-order valence-corrected chi connectivity index (χ1v) is 8.27. The van der Waals surface area contributed by atoms with Gasteiger partial charge in [0.2, 0.25) is 10.0 Å². The van der Waals surface area contributed by atoms with Gasteiger partial charge in [0.15, 0.2) is 5.75 Å². The van der Waals surface area contributed by atoms with Crippen molar-refractivity contribution < 1.29 is 18.4 Å². The zero-order chi connectivity index (χ0) is 15.6. The zero-order valence-corrected chi connectivity index (χ0v) is 12.5. The van der Waals surface area contributed by atoms with Gasteiger partial charge in [0.05, 0.1) is 9.82 Å². The molecule has 7 nitrogen and oxygen atoms in total. The molecule has 1 fully saturated rings. The summed E-state index contributed by atoms with van der Waals surface area (Å²) in [4.78, 5) is 9.85. The molecule has 1 aliphatic heterocycles. The molecule has 8 heteroatoms. The average Bonchev–Trinajstić information content (AvgIpc) is 2.47. The molecular weight excluding hydrogens is 296 g/mol. The van der Waals surface area contributed by atoms with Crippen LogP contribution in [-0.4, -0.2) is 35.8 Å². The summed E-state index contributed by atoms with van der Waals surface area (Å²) in [7, 11) is -3.75. The molecule has 0 amide bonds. The number of aromatic hydroxyl groups is 1. The molecule has 1 heterocycles. The summed E-state index contributed by atoms with van der Waals surface area (Å²) in [5.74, 6) is -0.00533. The molecule has 0 bridgehead atoms. The van der Waals surface area contributed by atoms with Crippen molar-refractivity contribution in [3.05, 3.63) is 28.3 Å². The van der Waals surface area contributed by atoms with E-state index in [2.05, 4.69) is 6.92 Å².